The molecule has 0 radical (unpaired) electrons. The van der Waals surface area contributed by atoms with Crippen molar-refractivity contribution in [3.63, 3.8) is 0 Å². The molecule has 160 valence electrons. The standard InChI is InChI=1S/C23H25N5O2S/c1-16-7-6-8-18(15-16)25-22(30)26-23-24-17(2)20(31-23)21(29)28-13-11-27(12-14-28)19-9-4-3-5-10-19/h3-10,15H,11-14H2,1-2H3,(H2,24,25,26,30). The lowest BCUT2D eigenvalue weighted by molar-refractivity contribution is 0.0750. The summed E-state index contributed by atoms with van der Waals surface area (Å²) in [6, 6.07) is 17.4. The Balaban J connectivity index is 1.36. The second-order valence-corrected chi connectivity index (χ2v) is 8.50. The lowest BCUT2D eigenvalue weighted by atomic mass is 10.2. The van der Waals surface area contributed by atoms with E-state index >= 15 is 0 Å². The molecule has 0 aliphatic carbocycles. The van der Waals surface area contributed by atoms with E-state index < -0.39 is 0 Å². The fraction of sp³-hybridized carbons (Fsp3) is 0.261. The van der Waals surface area contributed by atoms with Gasteiger partial charge in [0.25, 0.3) is 5.91 Å². The Bertz CT molecular complexity index is 1070. The third-order valence-electron chi connectivity index (χ3n) is 5.18. The van der Waals surface area contributed by atoms with Crippen molar-refractivity contribution in [3.8, 4) is 0 Å². The van der Waals surface area contributed by atoms with Gasteiger partial charge in [-0.05, 0) is 43.7 Å². The van der Waals surface area contributed by atoms with Gasteiger partial charge in [0, 0.05) is 37.6 Å². The molecule has 0 bridgehead atoms. The number of rotatable bonds is 4. The van der Waals surface area contributed by atoms with Gasteiger partial charge in [-0.15, -0.1) is 0 Å². The zero-order valence-corrected chi connectivity index (χ0v) is 18.4. The summed E-state index contributed by atoms with van der Waals surface area (Å²) in [7, 11) is 0. The van der Waals surface area contributed by atoms with Crippen LogP contribution in [-0.4, -0.2) is 48.0 Å². The van der Waals surface area contributed by atoms with E-state index in [1.54, 1.807) is 6.92 Å². The number of piperazine rings is 1. The Morgan fingerprint density at radius 2 is 1.68 bits per heavy atom. The van der Waals surface area contributed by atoms with Crippen LogP contribution in [0.15, 0.2) is 54.6 Å². The second kappa shape index (κ2) is 9.18. The minimum absolute atomic E-state index is 0.0325. The van der Waals surface area contributed by atoms with Crippen molar-refractivity contribution < 1.29 is 9.59 Å². The van der Waals surface area contributed by atoms with E-state index in [2.05, 4.69) is 32.7 Å². The van der Waals surface area contributed by atoms with Crippen molar-refractivity contribution in [1.82, 2.24) is 9.88 Å². The molecule has 1 aliphatic rings. The maximum Gasteiger partial charge on any atom is 0.325 e. The first-order chi connectivity index (χ1) is 15.0. The van der Waals surface area contributed by atoms with Crippen LogP contribution in [0.25, 0.3) is 0 Å². The topological polar surface area (TPSA) is 77.6 Å². The van der Waals surface area contributed by atoms with Crippen LogP contribution in [0, 0.1) is 13.8 Å². The predicted molar refractivity (Wildman–Crippen MR) is 125 cm³/mol. The number of amides is 3. The average Bonchev–Trinajstić information content (AvgIpc) is 3.13. The molecule has 1 saturated heterocycles. The number of urea groups is 1. The summed E-state index contributed by atoms with van der Waals surface area (Å²) < 4.78 is 0. The van der Waals surface area contributed by atoms with Gasteiger partial charge in [0.2, 0.25) is 0 Å². The molecule has 2 aromatic carbocycles. The number of hydrogen-bond acceptors (Lipinski definition) is 5. The first-order valence-electron chi connectivity index (χ1n) is 10.2. The van der Waals surface area contributed by atoms with Gasteiger partial charge in [-0.3, -0.25) is 10.1 Å². The van der Waals surface area contributed by atoms with Gasteiger partial charge in [-0.1, -0.05) is 41.7 Å². The number of aromatic nitrogens is 1. The smallest absolute Gasteiger partial charge is 0.325 e. The van der Waals surface area contributed by atoms with Crippen molar-refractivity contribution in [2.75, 3.05) is 41.7 Å². The molecular formula is C23H25N5O2S. The van der Waals surface area contributed by atoms with Crippen molar-refractivity contribution in [1.29, 1.82) is 0 Å². The minimum Gasteiger partial charge on any atom is -0.368 e. The third kappa shape index (κ3) is 5.03. The summed E-state index contributed by atoms with van der Waals surface area (Å²) in [6.07, 6.45) is 0. The summed E-state index contributed by atoms with van der Waals surface area (Å²) in [4.78, 5) is 34.4. The molecule has 3 amide bonds. The van der Waals surface area contributed by atoms with Gasteiger partial charge >= 0.3 is 6.03 Å². The molecule has 2 heterocycles. The van der Waals surface area contributed by atoms with Gasteiger partial charge in [0.05, 0.1) is 5.69 Å². The molecule has 1 aromatic heterocycles. The average molecular weight is 436 g/mol. The van der Waals surface area contributed by atoms with E-state index in [-0.39, 0.29) is 11.9 Å². The maximum absolute atomic E-state index is 13.0. The molecular weight excluding hydrogens is 410 g/mol. The van der Waals surface area contributed by atoms with Crippen LogP contribution in [0.4, 0.5) is 21.3 Å². The Labute approximate surface area is 185 Å². The van der Waals surface area contributed by atoms with Gasteiger partial charge < -0.3 is 15.1 Å². The van der Waals surface area contributed by atoms with Crippen LogP contribution in [0.1, 0.15) is 20.9 Å². The SMILES string of the molecule is Cc1cccc(NC(=O)Nc2nc(C)c(C(=O)N3CCN(c4ccccc4)CC3)s2)c1. The van der Waals surface area contributed by atoms with Crippen LogP contribution in [0.2, 0.25) is 0 Å². The molecule has 2 N–H and O–H groups in total. The number of nitrogens with one attached hydrogen (secondary N) is 2. The van der Waals surface area contributed by atoms with Crippen LogP contribution < -0.4 is 15.5 Å². The largest absolute Gasteiger partial charge is 0.368 e. The highest BCUT2D eigenvalue weighted by atomic mass is 32.1. The molecule has 4 rings (SSSR count). The molecule has 3 aromatic rings. The van der Waals surface area contributed by atoms with E-state index in [0.29, 0.717) is 34.5 Å². The fourth-order valence-electron chi connectivity index (χ4n) is 3.58. The van der Waals surface area contributed by atoms with E-state index in [1.807, 2.05) is 54.3 Å². The third-order valence-corrected chi connectivity index (χ3v) is 6.24. The highest BCUT2D eigenvalue weighted by Crippen LogP contribution is 2.25. The second-order valence-electron chi connectivity index (χ2n) is 7.50. The molecule has 1 aliphatic heterocycles. The normalized spacial score (nSPS) is 13.7. The molecule has 0 atom stereocenters. The zero-order chi connectivity index (χ0) is 21.8. The minimum atomic E-state index is -0.380. The molecule has 0 spiro atoms. The van der Waals surface area contributed by atoms with Crippen LogP contribution in [-0.2, 0) is 0 Å². The summed E-state index contributed by atoms with van der Waals surface area (Å²) >= 11 is 1.21. The van der Waals surface area contributed by atoms with Gasteiger partial charge in [-0.25, -0.2) is 9.78 Å². The van der Waals surface area contributed by atoms with Crippen molar-refractivity contribution >= 4 is 39.8 Å². The molecule has 1 fully saturated rings. The van der Waals surface area contributed by atoms with Crippen molar-refractivity contribution in [2.45, 2.75) is 13.8 Å². The Morgan fingerprint density at radius 3 is 2.39 bits per heavy atom. The van der Waals surface area contributed by atoms with Crippen LogP contribution in [0.3, 0.4) is 0 Å². The Hall–Kier alpha value is -3.39. The number of para-hydroxylation sites is 1. The lowest BCUT2D eigenvalue weighted by Gasteiger charge is -2.36. The molecule has 0 saturated carbocycles. The number of nitrogens with zero attached hydrogens (tertiary/aromatic N) is 3. The first-order valence-corrected chi connectivity index (χ1v) is 11.0. The quantitative estimate of drug-likeness (QED) is 0.638. The summed E-state index contributed by atoms with van der Waals surface area (Å²) in [5, 5.41) is 5.94. The van der Waals surface area contributed by atoms with Crippen LogP contribution >= 0.6 is 11.3 Å². The van der Waals surface area contributed by atoms with Gasteiger partial charge in [0.1, 0.15) is 4.88 Å². The number of carbonyl (C=O) groups is 2. The fourth-order valence-corrected chi connectivity index (χ4v) is 4.51. The molecule has 8 heteroatoms. The summed E-state index contributed by atoms with van der Waals surface area (Å²) in [5.74, 6) is -0.0325. The van der Waals surface area contributed by atoms with Gasteiger partial charge in [-0.2, -0.15) is 0 Å². The molecule has 31 heavy (non-hydrogen) atoms. The number of anilines is 3. The van der Waals surface area contributed by atoms with E-state index in [4.69, 9.17) is 0 Å². The molecule has 7 nitrogen and oxygen atoms in total. The number of carbonyl (C=O) groups excluding carboxylic acids is 2. The Morgan fingerprint density at radius 1 is 0.935 bits per heavy atom. The number of benzene rings is 2. The van der Waals surface area contributed by atoms with E-state index in [9.17, 15) is 9.59 Å². The predicted octanol–water partition coefficient (Wildman–Crippen LogP) is 4.37. The monoisotopic (exact) mass is 435 g/mol. The summed E-state index contributed by atoms with van der Waals surface area (Å²) in [6.45, 7) is 6.65. The van der Waals surface area contributed by atoms with E-state index in [0.717, 1.165) is 18.7 Å². The number of aryl methyl sites for hydroxylation is 2. The molecule has 0 unspecified atom stereocenters. The number of hydrogen-bond donors (Lipinski definition) is 2. The van der Waals surface area contributed by atoms with Crippen molar-refractivity contribution in [2.24, 2.45) is 0 Å². The lowest BCUT2D eigenvalue weighted by Crippen LogP contribution is -2.48. The van der Waals surface area contributed by atoms with Crippen molar-refractivity contribution in [3.05, 3.63) is 70.7 Å². The van der Waals surface area contributed by atoms with Gasteiger partial charge in [0.15, 0.2) is 5.13 Å². The summed E-state index contributed by atoms with van der Waals surface area (Å²) in [5.41, 5.74) is 3.57. The number of thiazole rings is 1. The van der Waals surface area contributed by atoms with E-state index in [1.165, 1.54) is 17.0 Å². The highest BCUT2D eigenvalue weighted by Gasteiger charge is 2.26. The first kappa shape index (κ1) is 20.9. The maximum atomic E-state index is 13.0. The van der Waals surface area contributed by atoms with Crippen LogP contribution in [0.5, 0.6) is 0 Å². The Kier molecular flexibility index (Phi) is 6.18. The highest BCUT2D eigenvalue weighted by molar-refractivity contribution is 7.17. The zero-order valence-electron chi connectivity index (χ0n) is 17.6.